The van der Waals surface area contributed by atoms with Crippen LogP contribution in [0.4, 0.5) is 0 Å². The predicted octanol–water partition coefficient (Wildman–Crippen LogP) is 1.64. The van der Waals surface area contributed by atoms with Gasteiger partial charge in [0, 0.05) is 25.8 Å². The van der Waals surface area contributed by atoms with E-state index in [2.05, 4.69) is 38.7 Å². The summed E-state index contributed by atoms with van der Waals surface area (Å²) < 4.78 is 2.18. The van der Waals surface area contributed by atoms with Gasteiger partial charge < -0.3 is 14.8 Å². The van der Waals surface area contributed by atoms with Crippen LogP contribution in [0.5, 0.6) is 0 Å². The first-order chi connectivity index (χ1) is 11.2. The molecule has 23 heavy (non-hydrogen) atoms. The van der Waals surface area contributed by atoms with Gasteiger partial charge in [0.2, 0.25) is 0 Å². The van der Waals surface area contributed by atoms with E-state index in [4.69, 9.17) is 0 Å². The summed E-state index contributed by atoms with van der Waals surface area (Å²) in [6.45, 7) is 3.25. The van der Waals surface area contributed by atoms with E-state index in [0.29, 0.717) is 12.8 Å². The summed E-state index contributed by atoms with van der Waals surface area (Å²) in [4.78, 5) is 6.64. The van der Waals surface area contributed by atoms with Crippen molar-refractivity contribution in [2.24, 2.45) is 0 Å². The van der Waals surface area contributed by atoms with Gasteiger partial charge in [-0.1, -0.05) is 30.3 Å². The molecule has 2 heterocycles. The number of aromatic nitrogens is 2. The second kappa shape index (κ2) is 7.25. The van der Waals surface area contributed by atoms with Gasteiger partial charge in [-0.05, 0) is 31.4 Å². The number of hydrogen-bond acceptors (Lipinski definition) is 4. The fraction of sp³-hybridized carbons (Fsp3) is 0.500. The number of nitrogens with zero attached hydrogens (tertiary/aromatic N) is 3. The van der Waals surface area contributed by atoms with Gasteiger partial charge in [-0.15, -0.1) is 0 Å². The highest BCUT2D eigenvalue weighted by atomic mass is 16.3. The minimum absolute atomic E-state index is 0.146. The van der Waals surface area contributed by atoms with Crippen molar-refractivity contribution in [1.82, 2.24) is 14.5 Å². The molecular formula is C18H25N3O2. The molecule has 1 aromatic heterocycles. The molecular weight excluding hydrogens is 290 g/mol. The summed E-state index contributed by atoms with van der Waals surface area (Å²) in [6, 6.07) is 10.4. The fourth-order valence-electron chi connectivity index (χ4n) is 3.18. The van der Waals surface area contributed by atoms with Crippen LogP contribution in [0.2, 0.25) is 0 Å². The van der Waals surface area contributed by atoms with Crippen molar-refractivity contribution in [3.05, 3.63) is 54.1 Å². The fourth-order valence-corrected chi connectivity index (χ4v) is 3.18. The van der Waals surface area contributed by atoms with E-state index in [9.17, 15) is 10.2 Å². The molecule has 0 bridgehead atoms. The zero-order valence-corrected chi connectivity index (χ0v) is 13.4. The van der Waals surface area contributed by atoms with Crippen molar-refractivity contribution in [3.8, 4) is 0 Å². The van der Waals surface area contributed by atoms with Crippen LogP contribution < -0.4 is 0 Å². The Morgan fingerprint density at radius 1 is 1.09 bits per heavy atom. The zero-order valence-electron chi connectivity index (χ0n) is 13.4. The van der Waals surface area contributed by atoms with Crippen molar-refractivity contribution in [1.29, 1.82) is 0 Å². The van der Waals surface area contributed by atoms with Crippen molar-refractivity contribution in [2.45, 2.75) is 38.0 Å². The maximum Gasteiger partial charge on any atom is 0.0951 e. The molecule has 1 saturated heterocycles. The quantitative estimate of drug-likeness (QED) is 0.880. The maximum atomic E-state index is 10.3. The second-order valence-corrected chi connectivity index (χ2v) is 6.51. The van der Waals surface area contributed by atoms with Crippen LogP contribution in [-0.2, 0) is 13.1 Å². The van der Waals surface area contributed by atoms with Crippen LogP contribution in [-0.4, -0.2) is 50.0 Å². The van der Waals surface area contributed by atoms with Gasteiger partial charge in [0.15, 0.2) is 0 Å². The molecule has 1 atom stereocenters. The number of imidazole rings is 1. The maximum absolute atomic E-state index is 10.3. The van der Waals surface area contributed by atoms with Gasteiger partial charge in [0.05, 0.1) is 24.2 Å². The van der Waals surface area contributed by atoms with Crippen LogP contribution in [0.1, 0.15) is 30.5 Å². The molecule has 3 rings (SSSR count). The number of benzene rings is 1. The monoisotopic (exact) mass is 315 g/mol. The number of aliphatic hydroxyl groups is 2. The van der Waals surface area contributed by atoms with Crippen LogP contribution in [0.3, 0.4) is 0 Å². The Balaban J connectivity index is 1.64. The molecule has 2 N–H and O–H groups in total. The van der Waals surface area contributed by atoms with Gasteiger partial charge in [-0.2, -0.15) is 0 Å². The molecule has 1 aliphatic heterocycles. The largest absolute Gasteiger partial charge is 0.393 e. The summed E-state index contributed by atoms with van der Waals surface area (Å²) in [5.74, 6) is 0. The minimum atomic E-state index is -0.904. The summed E-state index contributed by atoms with van der Waals surface area (Å²) >= 11 is 0. The Kier molecular flexibility index (Phi) is 5.10. The first-order valence-electron chi connectivity index (χ1n) is 8.27. The van der Waals surface area contributed by atoms with Gasteiger partial charge in [-0.25, -0.2) is 4.98 Å². The van der Waals surface area contributed by atoms with Crippen LogP contribution in [0.25, 0.3) is 0 Å². The highest BCUT2D eigenvalue weighted by Gasteiger charge is 2.29. The normalized spacial score (nSPS) is 22.9. The van der Waals surface area contributed by atoms with Crippen LogP contribution >= 0.6 is 0 Å². The lowest BCUT2D eigenvalue weighted by Gasteiger charge is -2.24. The average molecular weight is 315 g/mol. The zero-order chi connectivity index (χ0) is 16.1. The molecule has 5 heteroatoms. The van der Waals surface area contributed by atoms with Crippen LogP contribution in [0, 0.1) is 0 Å². The molecule has 0 radical (unpaired) electrons. The molecule has 0 saturated carbocycles. The van der Waals surface area contributed by atoms with Gasteiger partial charge in [-0.3, -0.25) is 4.90 Å². The topological polar surface area (TPSA) is 61.5 Å². The Hall–Kier alpha value is -1.69. The third kappa shape index (κ3) is 4.19. The molecule has 1 aliphatic rings. The number of rotatable bonds is 5. The predicted molar refractivity (Wildman–Crippen MR) is 88.9 cm³/mol. The molecule has 1 unspecified atom stereocenters. The molecule has 0 aliphatic carbocycles. The average Bonchev–Trinajstić information content (AvgIpc) is 2.90. The van der Waals surface area contributed by atoms with E-state index in [0.717, 1.165) is 32.6 Å². The lowest BCUT2D eigenvalue weighted by atomic mass is 9.96. The summed E-state index contributed by atoms with van der Waals surface area (Å²) in [5.41, 5.74) is 1.54. The minimum Gasteiger partial charge on any atom is -0.393 e. The number of aliphatic hydroxyl groups excluding tert-OH is 1. The number of hydrogen-bond donors (Lipinski definition) is 2. The molecule has 5 nitrogen and oxygen atoms in total. The van der Waals surface area contributed by atoms with Crippen molar-refractivity contribution < 1.29 is 10.2 Å². The highest BCUT2D eigenvalue weighted by molar-refractivity contribution is 5.16. The lowest BCUT2D eigenvalue weighted by Crippen LogP contribution is -2.34. The smallest absolute Gasteiger partial charge is 0.0951 e. The third-order valence-corrected chi connectivity index (χ3v) is 4.68. The van der Waals surface area contributed by atoms with Gasteiger partial charge >= 0.3 is 0 Å². The van der Waals surface area contributed by atoms with Gasteiger partial charge in [0.25, 0.3) is 0 Å². The van der Waals surface area contributed by atoms with E-state index in [1.807, 2.05) is 18.6 Å². The summed E-state index contributed by atoms with van der Waals surface area (Å²) in [7, 11) is 0. The van der Waals surface area contributed by atoms with Crippen molar-refractivity contribution >= 4 is 0 Å². The van der Waals surface area contributed by atoms with E-state index in [1.165, 1.54) is 11.3 Å². The third-order valence-electron chi connectivity index (χ3n) is 4.68. The number of likely N-dealkylation sites (tertiary alicyclic amines) is 1. The second-order valence-electron chi connectivity index (χ2n) is 6.51. The Morgan fingerprint density at radius 2 is 1.91 bits per heavy atom. The molecule has 1 fully saturated rings. The van der Waals surface area contributed by atoms with E-state index < -0.39 is 5.60 Å². The summed E-state index contributed by atoms with van der Waals surface area (Å²) in [6.07, 6.45) is 6.00. The summed E-state index contributed by atoms with van der Waals surface area (Å²) in [5, 5.41) is 19.6. The van der Waals surface area contributed by atoms with E-state index in [-0.39, 0.29) is 6.61 Å². The lowest BCUT2D eigenvalue weighted by molar-refractivity contribution is -0.0255. The Bertz CT molecular complexity index is 614. The molecule has 124 valence electrons. The highest BCUT2D eigenvalue weighted by Crippen LogP contribution is 2.22. The molecule has 0 spiro atoms. The first kappa shape index (κ1) is 16.2. The molecule has 1 aromatic carbocycles. The van der Waals surface area contributed by atoms with E-state index >= 15 is 0 Å². The van der Waals surface area contributed by atoms with E-state index in [1.54, 1.807) is 0 Å². The first-order valence-corrected chi connectivity index (χ1v) is 8.27. The van der Waals surface area contributed by atoms with Crippen molar-refractivity contribution in [3.63, 3.8) is 0 Å². The van der Waals surface area contributed by atoms with Crippen LogP contribution in [0.15, 0.2) is 42.9 Å². The molecule has 2 aromatic rings. The Labute approximate surface area is 137 Å². The Morgan fingerprint density at radius 3 is 2.70 bits per heavy atom. The van der Waals surface area contributed by atoms with Crippen molar-refractivity contribution in [2.75, 3.05) is 19.7 Å². The molecule has 0 amide bonds. The van der Waals surface area contributed by atoms with Gasteiger partial charge in [0.1, 0.15) is 0 Å². The standard InChI is InChI=1S/C18H25N3O2/c22-14-18(23)7-4-9-20(10-8-18)13-17-11-19-15-21(17)12-16-5-2-1-3-6-16/h1-3,5-6,11,15,22-23H,4,7-10,12-14H2. The SMILES string of the molecule is OCC1(O)CCCN(Cc2cncn2Cc2ccccc2)CC1.